The van der Waals surface area contributed by atoms with Crippen molar-refractivity contribution in [3.8, 4) is 11.8 Å². The molecule has 0 aliphatic heterocycles. The molecule has 2 nitrogen and oxygen atoms in total. The molecule has 0 saturated carbocycles. The number of anilines is 1. The zero-order chi connectivity index (χ0) is 13.4. The van der Waals surface area contributed by atoms with Crippen molar-refractivity contribution in [1.29, 1.82) is 0 Å². The monoisotopic (exact) mass is 241 g/mol. The Balaban J connectivity index is 2.94. The summed E-state index contributed by atoms with van der Waals surface area (Å²) in [4.78, 5) is 13.2. The van der Waals surface area contributed by atoms with Crippen LogP contribution >= 0.6 is 0 Å². The first-order valence-electron chi connectivity index (χ1n) is 6.18. The van der Waals surface area contributed by atoms with Gasteiger partial charge in [0.1, 0.15) is 0 Å². The van der Waals surface area contributed by atoms with Crippen molar-refractivity contribution in [3.63, 3.8) is 0 Å². The maximum absolute atomic E-state index is 11.6. The topological polar surface area (TPSA) is 20.3 Å². The molecule has 0 saturated heterocycles. The summed E-state index contributed by atoms with van der Waals surface area (Å²) >= 11 is 0. The number of hydrogen-bond acceptors (Lipinski definition) is 1. The van der Waals surface area contributed by atoms with Crippen LogP contribution in [0.15, 0.2) is 36.9 Å². The molecule has 2 heteroatoms. The quantitative estimate of drug-likeness (QED) is 0.449. The third kappa shape index (κ3) is 3.78. The maximum Gasteiger partial charge on any atom is 0.250 e. The van der Waals surface area contributed by atoms with Gasteiger partial charge in [-0.05, 0) is 24.6 Å². The van der Waals surface area contributed by atoms with Gasteiger partial charge in [-0.1, -0.05) is 43.9 Å². The number of unbranched alkanes of at least 4 members (excludes halogenated alkanes) is 2. The van der Waals surface area contributed by atoms with E-state index in [1.54, 1.807) is 11.9 Å². The third-order valence-corrected chi connectivity index (χ3v) is 2.65. The molecule has 0 fully saturated rings. The number of para-hydroxylation sites is 1. The van der Waals surface area contributed by atoms with Gasteiger partial charge < -0.3 is 4.90 Å². The van der Waals surface area contributed by atoms with Crippen LogP contribution in [0.5, 0.6) is 0 Å². The Morgan fingerprint density at radius 2 is 2.17 bits per heavy atom. The number of carbonyl (C=O) groups excluding carboxylic acids is 1. The van der Waals surface area contributed by atoms with Crippen molar-refractivity contribution in [1.82, 2.24) is 0 Å². The summed E-state index contributed by atoms with van der Waals surface area (Å²) in [5.41, 5.74) is 1.71. The molecule has 0 aliphatic rings. The molecule has 18 heavy (non-hydrogen) atoms. The van der Waals surface area contributed by atoms with Crippen LogP contribution in [0.4, 0.5) is 5.69 Å². The lowest BCUT2D eigenvalue weighted by Crippen LogP contribution is -2.24. The third-order valence-electron chi connectivity index (χ3n) is 2.65. The molecule has 0 N–H and O–H groups in total. The second kappa shape index (κ2) is 7.34. The van der Waals surface area contributed by atoms with Crippen LogP contribution < -0.4 is 4.90 Å². The molecule has 1 rings (SSSR count). The van der Waals surface area contributed by atoms with Crippen molar-refractivity contribution in [2.75, 3.05) is 11.9 Å². The van der Waals surface area contributed by atoms with Gasteiger partial charge in [0.15, 0.2) is 0 Å². The van der Waals surface area contributed by atoms with Crippen LogP contribution in [0.25, 0.3) is 0 Å². The SMILES string of the molecule is C=CC(=O)N(C)c1ccccc1C#CCCCC. The summed E-state index contributed by atoms with van der Waals surface area (Å²) < 4.78 is 0. The predicted molar refractivity (Wildman–Crippen MR) is 76.5 cm³/mol. The molecule has 0 aromatic heterocycles. The second-order valence-corrected chi connectivity index (χ2v) is 4.02. The number of carbonyl (C=O) groups is 1. The summed E-state index contributed by atoms with van der Waals surface area (Å²) in [6, 6.07) is 7.66. The normalized spacial score (nSPS) is 9.22. The maximum atomic E-state index is 11.6. The Bertz CT molecular complexity index is 479. The van der Waals surface area contributed by atoms with Gasteiger partial charge in [0.25, 0.3) is 0 Å². The smallest absolute Gasteiger partial charge is 0.250 e. The average molecular weight is 241 g/mol. The number of rotatable bonds is 4. The van der Waals surface area contributed by atoms with Gasteiger partial charge in [0, 0.05) is 19.0 Å². The van der Waals surface area contributed by atoms with Crippen LogP contribution in [0, 0.1) is 11.8 Å². The average Bonchev–Trinajstić information content (AvgIpc) is 2.42. The van der Waals surface area contributed by atoms with E-state index in [0.717, 1.165) is 30.5 Å². The van der Waals surface area contributed by atoms with E-state index < -0.39 is 0 Å². The minimum absolute atomic E-state index is 0.127. The van der Waals surface area contributed by atoms with Gasteiger partial charge in [-0.2, -0.15) is 0 Å². The highest BCUT2D eigenvalue weighted by atomic mass is 16.2. The van der Waals surface area contributed by atoms with Gasteiger partial charge in [-0.3, -0.25) is 4.79 Å². The zero-order valence-corrected chi connectivity index (χ0v) is 11.1. The van der Waals surface area contributed by atoms with E-state index in [9.17, 15) is 4.79 Å². The lowest BCUT2D eigenvalue weighted by molar-refractivity contribution is -0.113. The van der Waals surface area contributed by atoms with Crippen LogP contribution in [0.1, 0.15) is 31.7 Å². The zero-order valence-electron chi connectivity index (χ0n) is 11.1. The summed E-state index contributed by atoms with van der Waals surface area (Å²) in [6.07, 6.45) is 4.45. The molecule has 1 amide bonds. The van der Waals surface area contributed by atoms with Crippen LogP contribution in [0.3, 0.4) is 0 Å². The molecular weight excluding hydrogens is 222 g/mol. The van der Waals surface area contributed by atoms with Gasteiger partial charge in [-0.25, -0.2) is 0 Å². The van der Waals surface area contributed by atoms with E-state index in [2.05, 4.69) is 25.3 Å². The number of nitrogens with zero attached hydrogens (tertiary/aromatic N) is 1. The van der Waals surface area contributed by atoms with Crippen molar-refractivity contribution in [2.45, 2.75) is 26.2 Å². The Morgan fingerprint density at radius 1 is 1.44 bits per heavy atom. The van der Waals surface area contributed by atoms with Crippen molar-refractivity contribution < 1.29 is 4.79 Å². The van der Waals surface area contributed by atoms with E-state index in [0.29, 0.717) is 0 Å². The molecule has 0 aliphatic carbocycles. The largest absolute Gasteiger partial charge is 0.311 e. The lowest BCUT2D eigenvalue weighted by atomic mass is 10.1. The molecule has 0 bridgehead atoms. The Kier molecular flexibility index (Phi) is 5.73. The summed E-state index contributed by atoms with van der Waals surface area (Å²) in [5, 5.41) is 0. The molecule has 1 aromatic carbocycles. The fourth-order valence-corrected chi connectivity index (χ4v) is 1.55. The summed E-state index contributed by atoms with van der Waals surface area (Å²) in [7, 11) is 1.73. The highest BCUT2D eigenvalue weighted by Crippen LogP contribution is 2.18. The van der Waals surface area contributed by atoms with Crippen LogP contribution in [0.2, 0.25) is 0 Å². The highest BCUT2D eigenvalue weighted by molar-refractivity contribution is 6.01. The minimum atomic E-state index is -0.127. The van der Waals surface area contributed by atoms with Gasteiger partial charge in [-0.15, -0.1) is 0 Å². The highest BCUT2D eigenvalue weighted by Gasteiger charge is 2.09. The number of likely N-dealkylation sites (N-methyl/N-ethyl adjacent to an activating group) is 1. The summed E-state index contributed by atoms with van der Waals surface area (Å²) in [5.74, 6) is 6.14. The van der Waals surface area contributed by atoms with E-state index in [1.165, 1.54) is 6.08 Å². The Morgan fingerprint density at radius 3 is 2.83 bits per heavy atom. The molecular formula is C16H19NO. The Labute approximate surface area is 109 Å². The molecule has 0 radical (unpaired) electrons. The number of amides is 1. The molecule has 94 valence electrons. The minimum Gasteiger partial charge on any atom is -0.311 e. The van der Waals surface area contributed by atoms with Crippen molar-refractivity contribution in [2.24, 2.45) is 0 Å². The van der Waals surface area contributed by atoms with Gasteiger partial charge in [0.2, 0.25) is 5.91 Å². The first-order valence-corrected chi connectivity index (χ1v) is 6.18. The number of benzene rings is 1. The van der Waals surface area contributed by atoms with Crippen molar-refractivity contribution in [3.05, 3.63) is 42.5 Å². The van der Waals surface area contributed by atoms with Crippen molar-refractivity contribution >= 4 is 11.6 Å². The first kappa shape index (κ1) is 14.1. The molecule has 1 aromatic rings. The first-order chi connectivity index (χ1) is 8.70. The van der Waals surface area contributed by atoms with E-state index in [-0.39, 0.29) is 5.91 Å². The van der Waals surface area contributed by atoms with E-state index in [4.69, 9.17) is 0 Å². The molecule has 0 spiro atoms. The molecule has 0 heterocycles. The fraction of sp³-hybridized carbons (Fsp3) is 0.312. The lowest BCUT2D eigenvalue weighted by Gasteiger charge is -2.16. The van der Waals surface area contributed by atoms with E-state index >= 15 is 0 Å². The number of hydrogen-bond donors (Lipinski definition) is 0. The fourth-order valence-electron chi connectivity index (χ4n) is 1.55. The second-order valence-electron chi connectivity index (χ2n) is 4.02. The Hall–Kier alpha value is -2.01. The molecule has 0 atom stereocenters. The molecule has 0 unspecified atom stereocenters. The van der Waals surface area contributed by atoms with Gasteiger partial charge >= 0.3 is 0 Å². The van der Waals surface area contributed by atoms with Crippen LogP contribution in [-0.4, -0.2) is 13.0 Å². The standard InChI is InChI=1S/C16H19NO/c1-4-6-7-8-11-14-12-9-10-13-15(14)17(3)16(18)5-2/h5,9-10,12-13H,2,4,6-7H2,1,3H3. The summed E-state index contributed by atoms with van der Waals surface area (Å²) in [6.45, 7) is 5.64. The van der Waals surface area contributed by atoms with Gasteiger partial charge in [0.05, 0.1) is 5.69 Å². The van der Waals surface area contributed by atoms with E-state index in [1.807, 2.05) is 24.3 Å². The van der Waals surface area contributed by atoms with Crippen LogP contribution in [-0.2, 0) is 4.79 Å². The predicted octanol–water partition coefficient (Wildman–Crippen LogP) is 3.38.